The molecule has 0 radical (unpaired) electrons. The second kappa shape index (κ2) is 8.49. The Balaban J connectivity index is 1.66. The third-order valence-electron chi connectivity index (χ3n) is 4.61. The summed E-state index contributed by atoms with van der Waals surface area (Å²) in [4.78, 5) is 24.7. The lowest BCUT2D eigenvalue weighted by atomic mass is 10.2. The number of para-hydroxylation sites is 1. The van der Waals surface area contributed by atoms with Crippen LogP contribution in [0.25, 0.3) is 5.69 Å². The number of hydrogen-bond donors (Lipinski definition) is 1. The fourth-order valence-corrected chi connectivity index (χ4v) is 2.96. The molecule has 1 amide bonds. The lowest BCUT2D eigenvalue weighted by molar-refractivity contribution is -0.123. The number of carbonyl (C=O) groups is 2. The van der Waals surface area contributed by atoms with Gasteiger partial charge in [0.1, 0.15) is 0 Å². The highest BCUT2D eigenvalue weighted by molar-refractivity contribution is 6.31. The number of halogens is 1. The number of anilines is 1. The van der Waals surface area contributed by atoms with Gasteiger partial charge in [-0.25, -0.2) is 9.48 Å². The highest BCUT2D eigenvalue weighted by atomic mass is 35.5. The van der Waals surface area contributed by atoms with Crippen molar-refractivity contribution in [1.82, 2.24) is 9.78 Å². The van der Waals surface area contributed by atoms with E-state index in [2.05, 4.69) is 10.4 Å². The predicted molar refractivity (Wildman–Crippen MR) is 113 cm³/mol. The van der Waals surface area contributed by atoms with Crippen molar-refractivity contribution in [1.29, 1.82) is 0 Å². The van der Waals surface area contributed by atoms with E-state index >= 15 is 0 Å². The van der Waals surface area contributed by atoms with E-state index in [0.717, 1.165) is 22.6 Å². The summed E-state index contributed by atoms with van der Waals surface area (Å²) >= 11 is 6.19. The van der Waals surface area contributed by atoms with Gasteiger partial charge in [0.05, 0.1) is 27.7 Å². The van der Waals surface area contributed by atoms with Gasteiger partial charge in [-0.15, -0.1) is 0 Å². The normalized spacial score (nSPS) is 11.8. The van der Waals surface area contributed by atoms with Crippen molar-refractivity contribution < 1.29 is 14.3 Å². The van der Waals surface area contributed by atoms with Gasteiger partial charge in [0.2, 0.25) is 0 Å². The average molecular weight is 412 g/mol. The Kier molecular flexibility index (Phi) is 6.03. The molecule has 6 nitrogen and oxygen atoms in total. The number of aromatic nitrogens is 2. The Hall–Kier alpha value is -3.12. The Labute approximate surface area is 174 Å². The summed E-state index contributed by atoms with van der Waals surface area (Å²) in [6.07, 6.45) is -0.934. The largest absolute Gasteiger partial charge is 0.449 e. The van der Waals surface area contributed by atoms with Crippen molar-refractivity contribution in [2.75, 3.05) is 5.32 Å². The van der Waals surface area contributed by atoms with Crippen molar-refractivity contribution >= 4 is 29.2 Å². The number of nitrogens with one attached hydrogen (secondary N) is 1. The van der Waals surface area contributed by atoms with Gasteiger partial charge in [-0.3, -0.25) is 4.79 Å². The minimum absolute atomic E-state index is 0.344. The molecule has 1 aromatic heterocycles. The summed E-state index contributed by atoms with van der Waals surface area (Å²) in [6.45, 7) is 7.14. The van der Waals surface area contributed by atoms with Crippen LogP contribution in [-0.2, 0) is 9.53 Å². The van der Waals surface area contributed by atoms with Crippen LogP contribution in [0.4, 0.5) is 5.69 Å². The maximum Gasteiger partial charge on any atom is 0.338 e. The second-order valence-corrected chi connectivity index (χ2v) is 7.17. The molecule has 2 aromatic carbocycles. The highest BCUT2D eigenvalue weighted by Crippen LogP contribution is 2.22. The van der Waals surface area contributed by atoms with E-state index in [1.54, 1.807) is 35.0 Å². The summed E-state index contributed by atoms with van der Waals surface area (Å²) in [5, 5.41) is 7.77. The van der Waals surface area contributed by atoms with Crippen LogP contribution in [0.2, 0.25) is 5.02 Å². The smallest absolute Gasteiger partial charge is 0.338 e. The summed E-state index contributed by atoms with van der Waals surface area (Å²) in [5.74, 6) is -0.961. The number of aryl methyl sites for hydroxylation is 2. The Morgan fingerprint density at radius 2 is 1.72 bits per heavy atom. The molecule has 1 heterocycles. The SMILES string of the molecule is Cc1ccccc1NC(=O)C(C)OC(=O)c1ccc(-n2nc(C)c(Cl)c2C)cc1. The average Bonchev–Trinajstić information content (AvgIpc) is 2.97. The molecule has 0 bridgehead atoms. The van der Waals surface area contributed by atoms with Crippen LogP contribution in [0.5, 0.6) is 0 Å². The summed E-state index contributed by atoms with van der Waals surface area (Å²) < 4.78 is 7.02. The van der Waals surface area contributed by atoms with Crippen LogP contribution in [0.15, 0.2) is 48.5 Å². The number of carbonyl (C=O) groups excluding carboxylic acids is 2. The van der Waals surface area contributed by atoms with Crippen molar-refractivity contribution in [2.45, 2.75) is 33.8 Å². The van der Waals surface area contributed by atoms with Gasteiger partial charge >= 0.3 is 5.97 Å². The molecule has 150 valence electrons. The Morgan fingerprint density at radius 1 is 1.07 bits per heavy atom. The molecule has 0 saturated heterocycles. The number of nitrogens with zero attached hydrogens (tertiary/aromatic N) is 2. The van der Waals surface area contributed by atoms with Crippen molar-refractivity contribution in [2.24, 2.45) is 0 Å². The molecular formula is C22H22ClN3O3. The van der Waals surface area contributed by atoms with Crippen LogP contribution in [-0.4, -0.2) is 27.8 Å². The standard InChI is InChI=1S/C22H22ClN3O3/c1-13-7-5-6-8-19(13)24-21(27)16(4)29-22(28)17-9-11-18(12-10-17)26-15(3)20(23)14(2)25-26/h5-12,16H,1-4H3,(H,24,27). The van der Waals surface area contributed by atoms with Crippen LogP contribution in [0, 0.1) is 20.8 Å². The molecule has 1 N–H and O–H groups in total. The van der Waals surface area contributed by atoms with E-state index in [0.29, 0.717) is 16.3 Å². The monoisotopic (exact) mass is 411 g/mol. The lowest BCUT2D eigenvalue weighted by Gasteiger charge is -2.15. The van der Waals surface area contributed by atoms with Gasteiger partial charge in [0, 0.05) is 5.69 Å². The lowest BCUT2D eigenvalue weighted by Crippen LogP contribution is -2.30. The molecule has 0 spiro atoms. The quantitative estimate of drug-likeness (QED) is 0.621. The molecule has 29 heavy (non-hydrogen) atoms. The van der Waals surface area contributed by atoms with Gasteiger partial charge in [-0.2, -0.15) is 5.10 Å². The van der Waals surface area contributed by atoms with E-state index in [1.165, 1.54) is 6.92 Å². The molecule has 0 aliphatic heterocycles. The zero-order valence-electron chi connectivity index (χ0n) is 16.7. The van der Waals surface area contributed by atoms with Gasteiger partial charge in [0.25, 0.3) is 5.91 Å². The minimum atomic E-state index is -0.934. The first kappa shape index (κ1) is 20.6. The van der Waals surface area contributed by atoms with E-state index in [4.69, 9.17) is 16.3 Å². The van der Waals surface area contributed by atoms with Gasteiger partial charge in [-0.1, -0.05) is 29.8 Å². The highest BCUT2D eigenvalue weighted by Gasteiger charge is 2.20. The minimum Gasteiger partial charge on any atom is -0.449 e. The third kappa shape index (κ3) is 4.49. The maximum atomic E-state index is 12.4. The molecule has 0 aliphatic rings. The third-order valence-corrected chi connectivity index (χ3v) is 5.15. The molecule has 1 unspecified atom stereocenters. The molecular weight excluding hydrogens is 390 g/mol. The second-order valence-electron chi connectivity index (χ2n) is 6.80. The molecule has 0 aliphatic carbocycles. The van der Waals surface area contributed by atoms with Crippen LogP contribution in [0.3, 0.4) is 0 Å². The van der Waals surface area contributed by atoms with Crippen molar-refractivity contribution in [3.8, 4) is 5.69 Å². The fraction of sp³-hybridized carbons (Fsp3) is 0.227. The number of esters is 1. The van der Waals surface area contributed by atoms with Crippen LogP contribution in [0.1, 0.15) is 34.2 Å². The summed E-state index contributed by atoms with van der Waals surface area (Å²) in [5.41, 5.74) is 4.30. The number of amides is 1. The van der Waals surface area contributed by atoms with E-state index in [1.807, 2.05) is 39.0 Å². The topological polar surface area (TPSA) is 73.2 Å². The predicted octanol–water partition coefficient (Wildman–Crippen LogP) is 4.63. The van der Waals surface area contributed by atoms with Crippen LogP contribution < -0.4 is 5.32 Å². The van der Waals surface area contributed by atoms with E-state index in [-0.39, 0.29) is 5.91 Å². The zero-order valence-corrected chi connectivity index (χ0v) is 17.4. The number of rotatable bonds is 5. The van der Waals surface area contributed by atoms with Crippen molar-refractivity contribution in [3.05, 3.63) is 76.1 Å². The van der Waals surface area contributed by atoms with Crippen molar-refractivity contribution in [3.63, 3.8) is 0 Å². The van der Waals surface area contributed by atoms with Crippen LogP contribution >= 0.6 is 11.6 Å². The summed E-state index contributed by atoms with van der Waals surface area (Å²) in [6, 6.07) is 14.2. The van der Waals surface area contributed by atoms with E-state index in [9.17, 15) is 9.59 Å². The molecule has 0 saturated carbocycles. The molecule has 0 fully saturated rings. The molecule has 3 rings (SSSR count). The number of benzene rings is 2. The first-order valence-electron chi connectivity index (χ1n) is 9.17. The maximum absolute atomic E-state index is 12.4. The van der Waals surface area contributed by atoms with Gasteiger partial charge < -0.3 is 10.1 Å². The first-order chi connectivity index (χ1) is 13.8. The molecule has 7 heteroatoms. The Bertz CT molecular complexity index is 1060. The molecule has 1 atom stereocenters. The van der Waals surface area contributed by atoms with Gasteiger partial charge in [0.15, 0.2) is 6.10 Å². The Morgan fingerprint density at radius 3 is 2.31 bits per heavy atom. The molecule has 3 aromatic rings. The zero-order chi connectivity index (χ0) is 21.1. The van der Waals surface area contributed by atoms with E-state index < -0.39 is 12.1 Å². The number of ether oxygens (including phenoxy) is 1. The van der Waals surface area contributed by atoms with Gasteiger partial charge in [-0.05, 0) is 63.6 Å². The summed E-state index contributed by atoms with van der Waals surface area (Å²) in [7, 11) is 0. The first-order valence-corrected chi connectivity index (χ1v) is 9.55. The fourth-order valence-electron chi connectivity index (χ4n) is 2.84. The number of hydrogen-bond acceptors (Lipinski definition) is 4.